The number of benzene rings is 1. The number of alkyl halides is 1. The number of unbranched alkanes of at least 4 members (excludes halogenated alkanes) is 1. The van der Waals surface area contributed by atoms with Gasteiger partial charge in [0.25, 0.3) is 5.56 Å². The number of para-hydroxylation sites is 1. The molecule has 1 aromatic heterocycles. The minimum atomic E-state index is -0.271. The molecule has 108 valence electrons. The molecule has 20 heavy (non-hydrogen) atoms. The first-order valence-electron chi connectivity index (χ1n) is 6.77. The molecule has 3 nitrogen and oxygen atoms in total. The number of hydrogen-bond donors (Lipinski definition) is 0. The predicted octanol–water partition coefficient (Wildman–Crippen LogP) is 3.84. The van der Waals surface area contributed by atoms with E-state index < -0.39 is 0 Å². The Morgan fingerprint density at radius 3 is 2.80 bits per heavy atom. The Balaban J connectivity index is 2.41. The molecule has 0 spiro atoms. The minimum Gasteiger partial charge on any atom is -0.295 e. The van der Waals surface area contributed by atoms with E-state index in [1.165, 1.54) is 0 Å². The van der Waals surface area contributed by atoms with Gasteiger partial charge < -0.3 is 0 Å². The van der Waals surface area contributed by atoms with E-state index in [9.17, 15) is 4.79 Å². The van der Waals surface area contributed by atoms with E-state index in [-0.39, 0.29) is 10.9 Å². The van der Waals surface area contributed by atoms with Crippen molar-refractivity contribution in [2.24, 2.45) is 0 Å². The van der Waals surface area contributed by atoms with Crippen LogP contribution in [-0.2, 0) is 6.54 Å². The van der Waals surface area contributed by atoms with Gasteiger partial charge in [-0.25, -0.2) is 4.98 Å². The average Bonchev–Trinajstić information content (AvgIpc) is 2.45. The monoisotopic (exact) mass is 310 g/mol. The molecule has 0 saturated carbocycles. The van der Waals surface area contributed by atoms with Gasteiger partial charge in [-0.05, 0) is 43.9 Å². The van der Waals surface area contributed by atoms with Gasteiger partial charge >= 0.3 is 0 Å². The molecule has 2 rings (SSSR count). The number of halogens is 1. The highest BCUT2D eigenvalue weighted by atomic mass is 35.5. The van der Waals surface area contributed by atoms with Crippen LogP contribution in [0.2, 0.25) is 0 Å². The van der Waals surface area contributed by atoms with Crippen LogP contribution in [0.1, 0.15) is 31.0 Å². The summed E-state index contributed by atoms with van der Waals surface area (Å²) < 4.78 is 1.74. The van der Waals surface area contributed by atoms with Gasteiger partial charge in [-0.3, -0.25) is 9.36 Å². The lowest BCUT2D eigenvalue weighted by atomic mass is 10.2. The molecule has 1 unspecified atom stereocenters. The maximum absolute atomic E-state index is 12.6. The third-order valence-electron chi connectivity index (χ3n) is 3.23. The molecule has 2 aromatic rings. The van der Waals surface area contributed by atoms with Gasteiger partial charge in [0.05, 0.1) is 16.3 Å². The lowest BCUT2D eigenvalue weighted by Gasteiger charge is -2.14. The highest BCUT2D eigenvalue weighted by Crippen LogP contribution is 2.19. The molecule has 0 amide bonds. The van der Waals surface area contributed by atoms with Crippen molar-refractivity contribution in [2.45, 2.75) is 31.7 Å². The van der Waals surface area contributed by atoms with Crippen LogP contribution in [0.3, 0.4) is 0 Å². The molecule has 0 bridgehead atoms. The molecular weight excluding hydrogens is 292 g/mol. The molecule has 0 saturated heterocycles. The summed E-state index contributed by atoms with van der Waals surface area (Å²) in [5.41, 5.74) is 0.739. The normalized spacial score (nSPS) is 12.8. The molecule has 0 aliphatic heterocycles. The van der Waals surface area contributed by atoms with E-state index in [2.05, 4.69) is 11.2 Å². The molecule has 0 radical (unpaired) electrons. The van der Waals surface area contributed by atoms with Crippen LogP contribution in [0, 0.1) is 0 Å². The second-order valence-corrected chi connectivity index (χ2v) is 6.40. The first-order chi connectivity index (χ1) is 9.65. The summed E-state index contributed by atoms with van der Waals surface area (Å²) in [5.74, 6) is 1.78. The predicted molar refractivity (Wildman–Crippen MR) is 87.9 cm³/mol. The maximum Gasteiger partial charge on any atom is 0.261 e. The molecule has 0 N–H and O–H groups in total. The number of nitrogens with zero attached hydrogens (tertiary/aromatic N) is 2. The van der Waals surface area contributed by atoms with Crippen molar-refractivity contribution < 1.29 is 0 Å². The first-order valence-corrected chi connectivity index (χ1v) is 8.60. The zero-order chi connectivity index (χ0) is 14.5. The molecule has 0 aliphatic carbocycles. The second-order valence-electron chi connectivity index (χ2n) is 4.76. The van der Waals surface area contributed by atoms with Crippen molar-refractivity contribution >= 4 is 34.3 Å². The Hall–Kier alpha value is -1.00. The highest BCUT2D eigenvalue weighted by Gasteiger charge is 2.14. The third-order valence-corrected chi connectivity index (χ3v) is 4.12. The number of fused-ring (bicyclic) bond motifs is 1. The van der Waals surface area contributed by atoms with Crippen molar-refractivity contribution in [3.63, 3.8) is 0 Å². The Morgan fingerprint density at radius 2 is 2.10 bits per heavy atom. The minimum absolute atomic E-state index is 0.0160. The van der Waals surface area contributed by atoms with E-state index in [0.717, 1.165) is 24.1 Å². The molecule has 1 atom stereocenters. The van der Waals surface area contributed by atoms with Gasteiger partial charge in [0.2, 0.25) is 0 Å². The number of rotatable bonds is 6. The van der Waals surface area contributed by atoms with Gasteiger partial charge in [0, 0.05) is 6.54 Å². The molecular formula is C15H19ClN2OS. The fourth-order valence-electron chi connectivity index (χ4n) is 2.22. The SMILES string of the molecule is CSCCCCn1c(C(C)Cl)nc2ccccc2c1=O. The van der Waals surface area contributed by atoms with Gasteiger partial charge in [-0.15, -0.1) is 11.6 Å². The van der Waals surface area contributed by atoms with Crippen molar-refractivity contribution in [3.8, 4) is 0 Å². The fourth-order valence-corrected chi connectivity index (χ4v) is 2.88. The van der Waals surface area contributed by atoms with Crippen molar-refractivity contribution in [2.75, 3.05) is 12.0 Å². The molecule has 1 aromatic carbocycles. The van der Waals surface area contributed by atoms with E-state index in [1.54, 1.807) is 4.57 Å². The zero-order valence-electron chi connectivity index (χ0n) is 11.8. The van der Waals surface area contributed by atoms with E-state index in [0.29, 0.717) is 17.8 Å². The summed E-state index contributed by atoms with van der Waals surface area (Å²) in [6.45, 7) is 2.54. The summed E-state index contributed by atoms with van der Waals surface area (Å²) in [4.78, 5) is 17.1. The largest absolute Gasteiger partial charge is 0.295 e. The quantitative estimate of drug-likeness (QED) is 0.600. The van der Waals surface area contributed by atoms with Gasteiger partial charge in [0.15, 0.2) is 0 Å². The Labute approximate surface area is 128 Å². The summed E-state index contributed by atoms with van der Waals surface area (Å²) in [6, 6.07) is 7.44. The molecule has 0 fully saturated rings. The molecule has 0 aliphatic rings. The van der Waals surface area contributed by atoms with Crippen LogP contribution < -0.4 is 5.56 Å². The van der Waals surface area contributed by atoms with Crippen LogP contribution in [-0.4, -0.2) is 21.6 Å². The highest BCUT2D eigenvalue weighted by molar-refractivity contribution is 7.98. The lowest BCUT2D eigenvalue weighted by Crippen LogP contribution is -2.26. The summed E-state index contributed by atoms with van der Waals surface area (Å²) in [5, 5.41) is 0.395. The van der Waals surface area contributed by atoms with Gasteiger partial charge in [-0.1, -0.05) is 12.1 Å². The number of aromatic nitrogens is 2. The standard InChI is InChI=1S/C15H19ClN2OS/c1-11(16)14-17-13-8-4-3-7-12(13)15(19)18(14)9-5-6-10-20-2/h3-4,7-8,11H,5-6,9-10H2,1-2H3. The summed E-state index contributed by atoms with van der Waals surface area (Å²) in [7, 11) is 0. The Kier molecular flexibility index (Phi) is 5.49. The Morgan fingerprint density at radius 1 is 1.35 bits per heavy atom. The third kappa shape index (κ3) is 3.36. The fraction of sp³-hybridized carbons (Fsp3) is 0.467. The Bertz CT molecular complexity index is 639. The van der Waals surface area contributed by atoms with Crippen molar-refractivity contribution in [1.29, 1.82) is 0 Å². The van der Waals surface area contributed by atoms with Crippen LogP contribution in [0.25, 0.3) is 10.9 Å². The van der Waals surface area contributed by atoms with Crippen LogP contribution >= 0.6 is 23.4 Å². The van der Waals surface area contributed by atoms with Crippen LogP contribution in [0.15, 0.2) is 29.1 Å². The van der Waals surface area contributed by atoms with E-state index in [1.807, 2.05) is 43.0 Å². The summed E-state index contributed by atoms with van der Waals surface area (Å²) >= 11 is 8.02. The maximum atomic E-state index is 12.6. The number of thioether (sulfide) groups is 1. The van der Waals surface area contributed by atoms with Crippen LogP contribution in [0.5, 0.6) is 0 Å². The van der Waals surface area contributed by atoms with Gasteiger partial charge in [0.1, 0.15) is 5.82 Å². The smallest absolute Gasteiger partial charge is 0.261 e. The number of hydrogen-bond acceptors (Lipinski definition) is 3. The van der Waals surface area contributed by atoms with E-state index >= 15 is 0 Å². The first kappa shape index (κ1) is 15.4. The van der Waals surface area contributed by atoms with E-state index in [4.69, 9.17) is 11.6 Å². The van der Waals surface area contributed by atoms with Crippen LogP contribution in [0.4, 0.5) is 0 Å². The molecule has 5 heteroatoms. The van der Waals surface area contributed by atoms with Crippen molar-refractivity contribution in [3.05, 3.63) is 40.4 Å². The topological polar surface area (TPSA) is 34.9 Å². The van der Waals surface area contributed by atoms with Gasteiger partial charge in [-0.2, -0.15) is 11.8 Å². The average molecular weight is 311 g/mol. The van der Waals surface area contributed by atoms with Crippen molar-refractivity contribution in [1.82, 2.24) is 9.55 Å². The summed E-state index contributed by atoms with van der Waals surface area (Å²) in [6.07, 6.45) is 4.16. The second kappa shape index (κ2) is 7.14. The lowest BCUT2D eigenvalue weighted by molar-refractivity contribution is 0.578. The molecule has 1 heterocycles. The zero-order valence-corrected chi connectivity index (χ0v) is 13.4.